The summed E-state index contributed by atoms with van der Waals surface area (Å²) in [5.74, 6) is 1.71. The maximum absolute atomic E-state index is 12.6. The lowest BCUT2D eigenvalue weighted by Gasteiger charge is -2.22. The smallest absolute Gasteiger partial charge is 0.257 e. The maximum Gasteiger partial charge on any atom is 0.257 e. The van der Waals surface area contributed by atoms with Gasteiger partial charge >= 0.3 is 0 Å². The van der Waals surface area contributed by atoms with E-state index in [2.05, 4.69) is 22.1 Å². The number of para-hydroxylation sites is 1. The van der Waals surface area contributed by atoms with E-state index in [4.69, 9.17) is 9.47 Å². The van der Waals surface area contributed by atoms with Crippen molar-refractivity contribution >= 4 is 23.1 Å². The van der Waals surface area contributed by atoms with Crippen molar-refractivity contribution in [2.75, 3.05) is 31.0 Å². The van der Waals surface area contributed by atoms with Crippen LogP contribution in [-0.4, -0.2) is 31.7 Å². The first-order chi connectivity index (χ1) is 13.7. The highest BCUT2D eigenvalue weighted by Gasteiger charge is 2.13. The lowest BCUT2D eigenvalue weighted by molar-refractivity contribution is 0.102. The number of pyridine rings is 1. The molecule has 0 unspecified atom stereocenters. The summed E-state index contributed by atoms with van der Waals surface area (Å²) in [7, 11) is 3.12. The van der Waals surface area contributed by atoms with Crippen LogP contribution in [0.25, 0.3) is 0 Å². The highest BCUT2D eigenvalue weighted by molar-refractivity contribution is 6.05. The summed E-state index contributed by atoms with van der Waals surface area (Å²) in [6.45, 7) is 2.83. The molecule has 0 spiro atoms. The Kier molecular flexibility index (Phi) is 6.11. The fraction of sp³-hybridized carbons (Fsp3) is 0.182. The Morgan fingerprint density at radius 2 is 1.82 bits per heavy atom. The Bertz CT molecular complexity index is 928. The molecule has 6 nitrogen and oxygen atoms in total. The van der Waals surface area contributed by atoms with Gasteiger partial charge in [0.15, 0.2) is 0 Å². The molecule has 0 fully saturated rings. The molecular weight excluding hydrogens is 354 g/mol. The Morgan fingerprint density at radius 1 is 1.04 bits per heavy atom. The Morgan fingerprint density at radius 3 is 2.43 bits per heavy atom. The number of carbonyl (C=O) groups is 1. The zero-order valence-electron chi connectivity index (χ0n) is 16.2. The minimum atomic E-state index is -0.259. The van der Waals surface area contributed by atoms with Crippen LogP contribution in [0.15, 0.2) is 66.9 Å². The molecule has 0 aliphatic rings. The molecule has 1 N–H and O–H groups in total. The van der Waals surface area contributed by atoms with Crippen LogP contribution < -0.4 is 19.7 Å². The lowest BCUT2D eigenvalue weighted by atomic mass is 10.2. The average molecular weight is 377 g/mol. The number of nitrogens with zero attached hydrogens (tertiary/aromatic N) is 2. The monoisotopic (exact) mass is 377 g/mol. The molecule has 0 saturated heterocycles. The second-order valence-corrected chi connectivity index (χ2v) is 6.01. The van der Waals surface area contributed by atoms with E-state index in [9.17, 15) is 4.79 Å². The van der Waals surface area contributed by atoms with Crippen LogP contribution in [0.3, 0.4) is 0 Å². The summed E-state index contributed by atoms with van der Waals surface area (Å²) in [5.41, 5.74) is 2.08. The number of hydrogen-bond acceptors (Lipinski definition) is 5. The predicted octanol–water partition coefficient (Wildman–Crippen LogP) is 4.51. The van der Waals surface area contributed by atoms with Gasteiger partial charge in [0, 0.05) is 24.5 Å². The van der Waals surface area contributed by atoms with Crippen LogP contribution in [-0.2, 0) is 0 Å². The fourth-order valence-corrected chi connectivity index (χ4v) is 2.86. The van der Waals surface area contributed by atoms with Crippen molar-refractivity contribution < 1.29 is 14.3 Å². The molecule has 3 rings (SSSR count). The van der Waals surface area contributed by atoms with Crippen molar-refractivity contribution in [3.8, 4) is 11.5 Å². The molecule has 28 heavy (non-hydrogen) atoms. The summed E-state index contributed by atoms with van der Waals surface area (Å²) in [6, 6.07) is 18.8. The van der Waals surface area contributed by atoms with Crippen molar-refractivity contribution in [1.29, 1.82) is 0 Å². The lowest BCUT2D eigenvalue weighted by Crippen LogP contribution is -2.18. The number of benzene rings is 2. The zero-order valence-corrected chi connectivity index (χ0v) is 16.2. The minimum Gasteiger partial charge on any atom is -0.497 e. The normalized spacial score (nSPS) is 10.2. The van der Waals surface area contributed by atoms with Crippen molar-refractivity contribution in [3.05, 3.63) is 72.4 Å². The van der Waals surface area contributed by atoms with Crippen LogP contribution in [0.5, 0.6) is 11.5 Å². The molecule has 1 aromatic heterocycles. The number of carbonyl (C=O) groups excluding carboxylic acids is 1. The minimum absolute atomic E-state index is 0.259. The first-order valence-corrected chi connectivity index (χ1v) is 8.98. The van der Waals surface area contributed by atoms with Crippen molar-refractivity contribution in [3.63, 3.8) is 0 Å². The van der Waals surface area contributed by atoms with Gasteiger partial charge in [0.25, 0.3) is 5.91 Å². The largest absolute Gasteiger partial charge is 0.497 e. The van der Waals surface area contributed by atoms with Crippen LogP contribution in [0, 0.1) is 0 Å². The van der Waals surface area contributed by atoms with Crippen LogP contribution in [0.2, 0.25) is 0 Å². The predicted molar refractivity (Wildman–Crippen MR) is 111 cm³/mol. The van der Waals surface area contributed by atoms with Gasteiger partial charge in [-0.2, -0.15) is 0 Å². The Balaban J connectivity index is 1.77. The first-order valence-electron chi connectivity index (χ1n) is 8.98. The van der Waals surface area contributed by atoms with Gasteiger partial charge in [0.2, 0.25) is 0 Å². The Hall–Kier alpha value is -3.54. The van der Waals surface area contributed by atoms with Gasteiger partial charge in [-0.15, -0.1) is 0 Å². The van der Waals surface area contributed by atoms with Crippen LogP contribution >= 0.6 is 0 Å². The summed E-state index contributed by atoms with van der Waals surface area (Å²) in [5, 5.41) is 2.85. The maximum atomic E-state index is 12.6. The quantitative estimate of drug-likeness (QED) is 0.656. The molecule has 0 atom stereocenters. The van der Waals surface area contributed by atoms with E-state index in [1.165, 1.54) is 0 Å². The molecule has 3 aromatic rings. The first kappa shape index (κ1) is 19.2. The van der Waals surface area contributed by atoms with Gasteiger partial charge in [0.05, 0.1) is 25.5 Å². The topological polar surface area (TPSA) is 63.7 Å². The highest BCUT2D eigenvalue weighted by Crippen LogP contribution is 2.29. The number of hydrogen-bond donors (Lipinski definition) is 1. The number of anilines is 3. The molecule has 2 aromatic carbocycles. The molecule has 0 saturated carbocycles. The van der Waals surface area contributed by atoms with Gasteiger partial charge in [-0.05, 0) is 43.3 Å². The number of rotatable bonds is 7. The third-order valence-electron chi connectivity index (χ3n) is 4.33. The van der Waals surface area contributed by atoms with Crippen molar-refractivity contribution in [2.24, 2.45) is 0 Å². The van der Waals surface area contributed by atoms with Gasteiger partial charge in [-0.1, -0.05) is 18.2 Å². The van der Waals surface area contributed by atoms with E-state index in [1.807, 2.05) is 36.4 Å². The summed E-state index contributed by atoms with van der Waals surface area (Å²) in [4.78, 5) is 19.2. The number of methoxy groups -OCH3 is 2. The molecule has 0 aliphatic carbocycles. The molecule has 6 heteroatoms. The molecule has 0 bridgehead atoms. The number of ether oxygens (including phenoxy) is 2. The molecule has 0 radical (unpaired) electrons. The van der Waals surface area contributed by atoms with Gasteiger partial charge < -0.3 is 19.7 Å². The summed E-state index contributed by atoms with van der Waals surface area (Å²) < 4.78 is 10.5. The van der Waals surface area contributed by atoms with Crippen molar-refractivity contribution in [2.45, 2.75) is 6.92 Å². The highest BCUT2D eigenvalue weighted by atomic mass is 16.5. The summed E-state index contributed by atoms with van der Waals surface area (Å²) in [6.07, 6.45) is 1.58. The van der Waals surface area contributed by atoms with Gasteiger partial charge in [0.1, 0.15) is 17.3 Å². The second kappa shape index (κ2) is 8.90. The van der Waals surface area contributed by atoms with E-state index in [1.54, 1.807) is 44.7 Å². The van der Waals surface area contributed by atoms with Gasteiger partial charge in [-0.3, -0.25) is 4.79 Å². The van der Waals surface area contributed by atoms with E-state index < -0.39 is 0 Å². The van der Waals surface area contributed by atoms with Gasteiger partial charge in [-0.25, -0.2) is 4.98 Å². The van der Waals surface area contributed by atoms with Crippen LogP contribution in [0.4, 0.5) is 17.2 Å². The summed E-state index contributed by atoms with van der Waals surface area (Å²) >= 11 is 0. The average Bonchev–Trinajstić information content (AvgIpc) is 2.75. The second-order valence-electron chi connectivity index (χ2n) is 6.01. The number of aromatic nitrogens is 1. The third kappa shape index (κ3) is 4.23. The molecular formula is C22H23N3O3. The molecule has 144 valence electrons. The Labute approximate surface area is 164 Å². The SMILES string of the molecule is CCN(c1ccccc1)c1ccc(C(=O)Nc2ccc(OC)cc2OC)cn1. The van der Waals surface area contributed by atoms with E-state index in [-0.39, 0.29) is 5.91 Å². The van der Waals surface area contributed by atoms with E-state index in [0.717, 1.165) is 18.1 Å². The fourth-order valence-electron chi connectivity index (χ4n) is 2.86. The zero-order chi connectivity index (χ0) is 19.9. The standard InChI is InChI=1S/C22H23N3O3/c1-4-25(17-8-6-5-7-9-17)21-13-10-16(15-23-21)22(26)24-19-12-11-18(27-2)14-20(19)28-3/h5-15H,4H2,1-3H3,(H,24,26). The van der Waals surface area contributed by atoms with E-state index >= 15 is 0 Å². The number of nitrogens with one attached hydrogen (secondary N) is 1. The van der Waals surface area contributed by atoms with Crippen molar-refractivity contribution in [1.82, 2.24) is 4.98 Å². The molecule has 1 amide bonds. The number of amides is 1. The molecule has 0 aliphatic heterocycles. The van der Waals surface area contributed by atoms with Crippen LogP contribution in [0.1, 0.15) is 17.3 Å². The third-order valence-corrected chi connectivity index (χ3v) is 4.33. The van der Waals surface area contributed by atoms with E-state index in [0.29, 0.717) is 22.7 Å². The molecule has 1 heterocycles.